The summed E-state index contributed by atoms with van der Waals surface area (Å²) < 4.78 is 0. The quantitative estimate of drug-likeness (QED) is 0.707. The Balaban J connectivity index is 2.90. The minimum atomic E-state index is -0.0736. The third-order valence-corrected chi connectivity index (χ3v) is 1.96. The van der Waals surface area contributed by atoms with Crippen LogP contribution in [0, 0.1) is 12.3 Å². The number of hydrogen-bond acceptors (Lipinski definition) is 1. The molecule has 1 N–H and O–H groups in total. The van der Waals surface area contributed by atoms with Gasteiger partial charge in [-0.2, -0.15) is 0 Å². The lowest BCUT2D eigenvalue weighted by molar-refractivity contribution is -0.114. The van der Waals surface area contributed by atoms with Crippen LogP contribution < -0.4 is 5.32 Å². The Hall–Kier alpha value is -1.75. The normalized spacial score (nSPS) is 11.5. The van der Waals surface area contributed by atoms with Crippen molar-refractivity contribution in [2.24, 2.45) is 0 Å². The lowest BCUT2D eigenvalue weighted by atomic mass is 10.0. The molecule has 1 rings (SSSR count). The van der Waals surface area contributed by atoms with E-state index < -0.39 is 0 Å². The molecule has 1 amide bonds. The summed E-state index contributed by atoms with van der Waals surface area (Å²) in [5, 5.41) is 2.72. The first-order chi connectivity index (χ1) is 6.63. The van der Waals surface area contributed by atoms with Crippen molar-refractivity contribution in [3.63, 3.8) is 0 Å². The van der Waals surface area contributed by atoms with Crippen molar-refractivity contribution in [2.75, 3.05) is 5.32 Å². The molecule has 14 heavy (non-hydrogen) atoms. The van der Waals surface area contributed by atoms with E-state index in [1.54, 1.807) is 0 Å². The van der Waals surface area contributed by atoms with Gasteiger partial charge < -0.3 is 5.32 Å². The minimum absolute atomic E-state index is 0.0729. The standard InChI is InChI=1S/C12H13NO/c1-4-9(2)11-6-5-7-12(8-11)13-10(3)14/h1,5-9H,2-3H3,(H,13,14). The van der Waals surface area contributed by atoms with Gasteiger partial charge in [0, 0.05) is 18.5 Å². The third-order valence-electron chi connectivity index (χ3n) is 1.96. The van der Waals surface area contributed by atoms with Gasteiger partial charge in [-0.3, -0.25) is 4.79 Å². The van der Waals surface area contributed by atoms with E-state index in [2.05, 4.69) is 11.2 Å². The number of anilines is 1. The van der Waals surface area contributed by atoms with Crippen molar-refractivity contribution in [3.8, 4) is 12.3 Å². The molecule has 0 radical (unpaired) electrons. The molecular formula is C12H13NO. The molecule has 0 fully saturated rings. The fourth-order valence-electron chi connectivity index (χ4n) is 1.19. The molecule has 0 aliphatic rings. The van der Waals surface area contributed by atoms with Crippen LogP contribution in [0.4, 0.5) is 5.69 Å². The molecule has 2 heteroatoms. The predicted octanol–water partition coefficient (Wildman–Crippen LogP) is 2.38. The first-order valence-electron chi connectivity index (χ1n) is 4.47. The van der Waals surface area contributed by atoms with Crippen LogP contribution in [-0.2, 0) is 4.79 Å². The summed E-state index contributed by atoms with van der Waals surface area (Å²) in [7, 11) is 0. The smallest absolute Gasteiger partial charge is 0.221 e. The summed E-state index contributed by atoms with van der Waals surface area (Å²) in [6, 6.07) is 7.57. The second-order valence-electron chi connectivity index (χ2n) is 3.20. The van der Waals surface area contributed by atoms with Gasteiger partial charge in [0.15, 0.2) is 0 Å². The summed E-state index contributed by atoms with van der Waals surface area (Å²) in [4.78, 5) is 10.8. The average Bonchev–Trinajstić information content (AvgIpc) is 2.16. The van der Waals surface area contributed by atoms with Crippen molar-refractivity contribution >= 4 is 11.6 Å². The number of benzene rings is 1. The van der Waals surface area contributed by atoms with Crippen LogP contribution in [0.5, 0.6) is 0 Å². The van der Waals surface area contributed by atoms with Crippen LogP contribution in [-0.4, -0.2) is 5.91 Å². The first-order valence-corrected chi connectivity index (χ1v) is 4.47. The maximum Gasteiger partial charge on any atom is 0.221 e. The molecular weight excluding hydrogens is 174 g/mol. The van der Waals surface area contributed by atoms with Gasteiger partial charge >= 0.3 is 0 Å². The lowest BCUT2D eigenvalue weighted by Gasteiger charge is -2.07. The molecule has 0 bridgehead atoms. The number of nitrogens with one attached hydrogen (secondary N) is 1. The molecule has 0 saturated carbocycles. The molecule has 0 aliphatic carbocycles. The monoisotopic (exact) mass is 187 g/mol. The number of carbonyl (C=O) groups is 1. The van der Waals surface area contributed by atoms with Crippen molar-refractivity contribution < 1.29 is 4.79 Å². The minimum Gasteiger partial charge on any atom is -0.326 e. The molecule has 1 aromatic rings. The van der Waals surface area contributed by atoms with Gasteiger partial charge in [0.1, 0.15) is 0 Å². The summed E-state index contributed by atoms with van der Waals surface area (Å²) in [6.07, 6.45) is 5.32. The second-order valence-corrected chi connectivity index (χ2v) is 3.20. The summed E-state index contributed by atoms with van der Waals surface area (Å²) in [6.45, 7) is 3.43. The fraction of sp³-hybridized carbons (Fsp3) is 0.250. The van der Waals surface area contributed by atoms with E-state index in [4.69, 9.17) is 6.42 Å². The Morgan fingerprint density at radius 2 is 2.29 bits per heavy atom. The Labute approximate surface area is 84.3 Å². The first kappa shape index (κ1) is 10.3. The van der Waals surface area contributed by atoms with Gasteiger partial charge in [-0.15, -0.1) is 6.42 Å². The Morgan fingerprint density at radius 3 is 2.86 bits per heavy atom. The summed E-state index contributed by atoms with van der Waals surface area (Å²) in [5.41, 5.74) is 1.83. The summed E-state index contributed by atoms with van der Waals surface area (Å²) >= 11 is 0. The fourth-order valence-corrected chi connectivity index (χ4v) is 1.19. The van der Waals surface area contributed by atoms with E-state index >= 15 is 0 Å². The predicted molar refractivity (Wildman–Crippen MR) is 58.0 cm³/mol. The molecule has 2 nitrogen and oxygen atoms in total. The van der Waals surface area contributed by atoms with E-state index in [1.165, 1.54) is 6.92 Å². The zero-order valence-electron chi connectivity index (χ0n) is 8.37. The average molecular weight is 187 g/mol. The number of hydrogen-bond donors (Lipinski definition) is 1. The number of amides is 1. The number of rotatable bonds is 2. The van der Waals surface area contributed by atoms with Gasteiger partial charge in [-0.05, 0) is 24.6 Å². The maximum atomic E-state index is 10.8. The van der Waals surface area contributed by atoms with Gasteiger partial charge in [0.05, 0.1) is 0 Å². The van der Waals surface area contributed by atoms with E-state index in [-0.39, 0.29) is 11.8 Å². The largest absolute Gasteiger partial charge is 0.326 e. The molecule has 1 atom stereocenters. The van der Waals surface area contributed by atoms with Gasteiger partial charge in [-0.25, -0.2) is 0 Å². The Kier molecular flexibility index (Phi) is 3.30. The highest BCUT2D eigenvalue weighted by molar-refractivity contribution is 5.88. The maximum absolute atomic E-state index is 10.8. The molecule has 1 aromatic carbocycles. The van der Waals surface area contributed by atoms with E-state index in [0.717, 1.165) is 11.3 Å². The van der Waals surface area contributed by atoms with Crippen LogP contribution in [0.25, 0.3) is 0 Å². The molecule has 0 saturated heterocycles. The molecule has 0 aliphatic heterocycles. The van der Waals surface area contributed by atoms with E-state index in [0.29, 0.717) is 0 Å². The highest BCUT2D eigenvalue weighted by atomic mass is 16.1. The van der Waals surface area contributed by atoms with Gasteiger partial charge in [0.25, 0.3) is 0 Å². The lowest BCUT2D eigenvalue weighted by Crippen LogP contribution is -2.06. The van der Waals surface area contributed by atoms with Crippen molar-refractivity contribution in [2.45, 2.75) is 19.8 Å². The van der Waals surface area contributed by atoms with Crippen LogP contribution in [0.2, 0.25) is 0 Å². The van der Waals surface area contributed by atoms with Gasteiger partial charge in [0.2, 0.25) is 5.91 Å². The Morgan fingerprint density at radius 1 is 1.57 bits per heavy atom. The molecule has 72 valence electrons. The highest BCUT2D eigenvalue weighted by Gasteiger charge is 2.02. The Bertz CT molecular complexity index is 376. The van der Waals surface area contributed by atoms with Crippen LogP contribution in [0.15, 0.2) is 24.3 Å². The van der Waals surface area contributed by atoms with Crippen LogP contribution >= 0.6 is 0 Å². The third kappa shape index (κ3) is 2.63. The molecule has 0 spiro atoms. The van der Waals surface area contributed by atoms with Crippen LogP contribution in [0.1, 0.15) is 25.3 Å². The topological polar surface area (TPSA) is 29.1 Å². The number of terminal acetylenes is 1. The highest BCUT2D eigenvalue weighted by Crippen LogP contribution is 2.18. The molecule has 1 unspecified atom stereocenters. The van der Waals surface area contributed by atoms with E-state index in [9.17, 15) is 4.79 Å². The number of carbonyl (C=O) groups excluding carboxylic acids is 1. The zero-order chi connectivity index (χ0) is 10.6. The van der Waals surface area contributed by atoms with Crippen molar-refractivity contribution in [3.05, 3.63) is 29.8 Å². The SMILES string of the molecule is C#CC(C)c1cccc(NC(C)=O)c1. The van der Waals surface area contributed by atoms with Gasteiger partial charge in [-0.1, -0.05) is 18.1 Å². The summed E-state index contributed by atoms with van der Waals surface area (Å²) in [5.74, 6) is 2.65. The molecule has 0 aromatic heterocycles. The zero-order valence-corrected chi connectivity index (χ0v) is 8.37. The van der Waals surface area contributed by atoms with Crippen molar-refractivity contribution in [1.82, 2.24) is 0 Å². The molecule has 0 heterocycles. The second kappa shape index (κ2) is 4.48. The van der Waals surface area contributed by atoms with Crippen LogP contribution in [0.3, 0.4) is 0 Å². The van der Waals surface area contributed by atoms with E-state index in [1.807, 2.05) is 31.2 Å². The van der Waals surface area contributed by atoms with Crippen molar-refractivity contribution in [1.29, 1.82) is 0 Å².